The molecule has 10 heavy (non-hydrogen) atoms. The Morgan fingerprint density at radius 1 is 1.30 bits per heavy atom. The lowest BCUT2D eigenvalue weighted by Crippen LogP contribution is -2.09. The fourth-order valence-corrected chi connectivity index (χ4v) is 4.54. The van der Waals surface area contributed by atoms with Crippen molar-refractivity contribution in [3.05, 3.63) is 0 Å². The van der Waals surface area contributed by atoms with Crippen LogP contribution >= 0.6 is 21.7 Å². The second-order valence-electron chi connectivity index (χ2n) is 2.19. The van der Waals surface area contributed by atoms with Crippen molar-refractivity contribution in [3.63, 3.8) is 0 Å². The van der Waals surface area contributed by atoms with Crippen LogP contribution in [0.25, 0.3) is 0 Å². The van der Waals surface area contributed by atoms with Gasteiger partial charge in [0.1, 0.15) is 10.9 Å². The predicted molar refractivity (Wildman–Crippen MR) is 41.1 cm³/mol. The van der Waals surface area contributed by atoms with E-state index in [0.29, 0.717) is 0 Å². The van der Waals surface area contributed by atoms with E-state index in [4.69, 9.17) is 18.2 Å². The fourth-order valence-electron chi connectivity index (χ4n) is 0.650. The van der Waals surface area contributed by atoms with Gasteiger partial charge >= 0.3 is 0 Å². The summed E-state index contributed by atoms with van der Waals surface area (Å²) < 4.78 is 39.7. The molecule has 1 rings (SSSR count). The van der Waals surface area contributed by atoms with Crippen LogP contribution in [-0.4, -0.2) is 29.2 Å². The Hall–Kier alpha value is 0.500. The predicted octanol–water partition coefficient (Wildman–Crippen LogP) is 1.74. The van der Waals surface area contributed by atoms with E-state index in [1.165, 1.54) is 6.92 Å². The molecule has 5 nitrogen and oxygen atoms in total. The maximum atomic E-state index is 8.92. The van der Waals surface area contributed by atoms with Crippen molar-refractivity contribution < 1.29 is 21.8 Å². The Kier molecular flexibility index (Phi) is 1.93. The minimum Gasteiger partial charge on any atom is -0.307 e. The molecule has 4 N–H and O–H groups in total. The van der Waals surface area contributed by atoms with Gasteiger partial charge in [0.25, 0.3) is 0 Å². The van der Waals surface area contributed by atoms with E-state index >= 15 is 0 Å². The van der Waals surface area contributed by atoms with Gasteiger partial charge in [-0.3, -0.25) is 0 Å². The Labute approximate surface area is 62.1 Å². The first-order valence-electron chi connectivity index (χ1n) is 2.57. The molecule has 0 spiro atoms. The molecule has 64 valence electrons. The summed E-state index contributed by atoms with van der Waals surface area (Å²) in [7, 11) is -6.36. The van der Waals surface area contributed by atoms with Gasteiger partial charge in [0.2, 0.25) is 0 Å². The highest BCUT2D eigenvalue weighted by Crippen LogP contribution is 2.67. The second-order valence-corrected chi connectivity index (χ2v) is 6.16. The van der Waals surface area contributed by atoms with Gasteiger partial charge in [-0.1, -0.05) is 0 Å². The largest absolute Gasteiger partial charge is 0.307 e. The molecular formula is C3H10O5S2. The average Bonchev–Trinajstić information content (AvgIpc) is 1.73. The molecule has 0 aromatic rings. The maximum absolute atomic E-state index is 8.92. The standard InChI is InChI=1S/C3H10O5S2/c1-3-2-9(4,5)8-10(3,6)7/h3-7H,2H2,1H3. The van der Waals surface area contributed by atoms with Gasteiger partial charge in [-0.2, -0.15) is 3.63 Å². The molecule has 1 atom stereocenters. The van der Waals surface area contributed by atoms with E-state index < -0.39 is 27.0 Å². The Morgan fingerprint density at radius 2 is 1.80 bits per heavy atom. The van der Waals surface area contributed by atoms with Crippen LogP contribution < -0.4 is 0 Å². The van der Waals surface area contributed by atoms with Crippen molar-refractivity contribution in [1.29, 1.82) is 0 Å². The van der Waals surface area contributed by atoms with Crippen molar-refractivity contribution in [2.75, 3.05) is 5.75 Å². The molecule has 0 amide bonds. The van der Waals surface area contributed by atoms with Crippen molar-refractivity contribution in [2.24, 2.45) is 0 Å². The van der Waals surface area contributed by atoms with Crippen molar-refractivity contribution in [1.82, 2.24) is 0 Å². The van der Waals surface area contributed by atoms with Gasteiger partial charge in [0.15, 0.2) is 0 Å². The second kappa shape index (κ2) is 2.24. The van der Waals surface area contributed by atoms with Crippen LogP contribution in [-0.2, 0) is 3.63 Å². The lowest BCUT2D eigenvalue weighted by atomic mass is 10.6. The molecule has 0 bridgehead atoms. The molecule has 1 aliphatic heterocycles. The Balaban J connectivity index is 2.71. The summed E-state index contributed by atoms with van der Waals surface area (Å²) in [5.41, 5.74) is 0. The monoisotopic (exact) mass is 190 g/mol. The molecule has 0 aromatic heterocycles. The van der Waals surface area contributed by atoms with Gasteiger partial charge in [0, 0.05) is 0 Å². The van der Waals surface area contributed by atoms with Crippen LogP contribution in [0.2, 0.25) is 0 Å². The van der Waals surface area contributed by atoms with Crippen molar-refractivity contribution in [2.45, 2.75) is 12.2 Å². The quantitative estimate of drug-likeness (QED) is 0.467. The summed E-state index contributed by atoms with van der Waals surface area (Å²) in [6.45, 7) is 1.50. The molecule has 7 heteroatoms. The number of hydrogen-bond acceptors (Lipinski definition) is 5. The van der Waals surface area contributed by atoms with E-state index in [9.17, 15) is 0 Å². The lowest BCUT2D eigenvalue weighted by molar-refractivity contribution is 0.352. The van der Waals surface area contributed by atoms with E-state index in [-0.39, 0.29) is 5.75 Å². The molecule has 1 unspecified atom stereocenters. The summed E-state index contributed by atoms with van der Waals surface area (Å²) in [6.07, 6.45) is 0. The van der Waals surface area contributed by atoms with Gasteiger partial charge in [0.05, 0.1) is 21.9 Å². The highest BCUT2D eigenvalue weighted by Gasteiger charge is 2.45. The van der Waals surface area contributed by atoms with Gasteiger partial charge in [-0.05, 0) is 6.92 Å². The van der Waals surface area contributed by atoms with Crippen LogP contribution in [0.3, 0.4) is 0 Å². The summed E-state index contributed by atoms with van der Waals surface area (Å²) in [5.74, 6) is -0.0880. The zero-order valence-electron chi connectivity index (χ0n) is 5.30. The Bertz CT molecular complexity index is 146. The molecular weight excluding hydrogens is 180 g/mol. The molecule has 0 aromatic carbocycles. The first-order valence-corrected chi connectivity index (χ1v) is 5.75. The topological polar surface area (TPSA) is 90.2 Å². The highest BCUT2D eigenvalue weighted by atomic mass is 32.4. The SMILES string of the molecule is CC1CS(O)(O)OS1(O)O. The average molecular weight is 190 g/mol. The van der Waals surface area contributed by atoms with E-state index in [1.807, 2.05) is 0 Å². The summed E-state index contributed by atoms with van der Waals surface area (Å²) in [6, 6.07) is 0. The summed E-state index contributed by atoms with van der Waals surface area (Å²) in [5, 5.41) is -0.586. The minimum absolute atomic E-state index is 0.0880. The molecule has 0 radical (unpaired) electrons. The summed E-state index contributed by atoms with van der Waals surface area (Å²) in [4.78, 5) is 0. The molecule has 1 fully saturated rings. The van der Waals surface area contributed by atoms with E-state index in [0.717, 1.165) is 0 Å². The first kappa shape index (κ1) is 8.60. The zero-order valence-corrected chi connectivity index (χ0v) is 6.93. The molecule has 1 heterocycles. The van der Waals surface area contributed by atoms with Gasteiger partial charge in [-0.15, -0.1) is 0 Å². The van der Waals surface area contributed by atoms with E-state index in [1.54, 1.807) is 0 Å². The maximum Gasteiger partial charge on any atom is 0.102 e. The third-order valence-corrected chi connectivity index (χ3v) is 5.22. The number of rotatable bonds is 0. The smallest absolute Gasteiger partial charge is 0.102 e. The van der Waals surface area contributed by atoms with Crippen molar-refractivity contribution in [3.8, 4) is 0 Å². The normalized spacial score (nSPS) is 42.7. The molecule has 0 saturated carbocycles. The molecule has 1 saturated heterocycles. The molecule has 0 aliphatic carbocycles. The van der Waals surface area contributed by atoms with Crippen LogP contribution in [0.4, 0.5) is 0 Å². The minimum atomic E-state index is -3.20. The van der Waals surface area contributed by atoms with Crippen molar-refractivity contribution >= 4 is 21.7 Å². The third kappa shape index (κ3) is 1.56. The zero-order chi connectivity index (χ0) is 7.99. The van der Waals surface area contributed by atoms with Gasteiger partial charge < -0.3 is 18.2 Å². The van der Waals surface area contributed by atoms with Crippen LogP contribution in [0.15, 0.2) is 0 Å². The lowest BCUT2D eigenvalue weighted by Gasteiger charge is -2.24. The molecule has 1 aliphatic rings. The van der Waals surface area contributed by atoms with Crippen LogP contribution in [0.1, 0.15) is 6.92 Å². The highest BCUT2D eigenvalue weighted by molar-refractivity contribution is 8.36. The van der Waals surface area contributed by atoms with E-state index in [2.05, 4.69) is 3.63 Å². The Morgan fingerprint density at radius 3 is 1.90 bits per heavy atom. The fraction of sp³-hybridized carbons (Fsp3) is 1.00. The van der Waals surface area contributed by atoms with Crippen LogP contribution in [0.5, 0.6) is 0 Å². The third-order valence-electron chi connectivity index (χ3n) is 1.19. The van der Waals surface area contributed by atoms with Gasteiger partial charge in [-0.25, -0.2) is 0 Å². The number of hydrogen-bond donors (Lipinski definition) is 4. The first-order chi connectivity index (χ1) is 4.33. The summed E-state index contributed by atoms with van der Waals surface area (Å²) >= 11 is 0. The van der Waals surface area contributed by atoms with Crippen LogP contribution in [0, 0.1) is 0 Å².